The normalized spacial score (nSPS) is 15.4. The van der Waals surface area contributed by atoms with Gasteiger partial charge in [-0.1, -0.05) is 12.1 Å². The highest BCUT2D eigenvalue weighted by Crippen LogP contribution is 2.29. The number of aryl methyl sites for hydroxylation is 1. The Morgan fingerprint density at radius 3 is 2.67 bits per heavy atom. The average molecular weight is 295 g/mol. The second-order valence-corrected chi connectivity index (χ2v) is 5.45. The van der Waals surface area contributed by atoms with E-state index in [9.17, 15) is 13.2 Å². The van der Waals surface area contributed by atoms with E-state index in [1.54, 1.807) is 0 Å². The molecule has 112 valence electrons. The number of aromatic nitrogens is 2. The molecule has 1 aliphatic rings. The summed E-state index contributed by atoms with van der Waals surface area (Å²) < 4.78 is 39.1. The van der Waals surface area contributed by atoms with E-state index in [1.807, 2.05) is 25.1 Å². The molecule has 6 heteroatoms. The summed E-state index contributed by atoms with van der Waals surface area (Å²) in [4.78, 5) is 0. The van der Waals surface area contributed by atoms with Gasteiger partial charge in [0, 0.05) is 18.8 Å². The highest BCUT2D eigenvalue weighted by Gasteiger charge is 2.32. The lowest BCUT2D eigenvalue weighted by Crippen LogP contribution is -2.15. The van der Waals surface area contributed by atoms with Gasteiger partial charge in [-0.15, -0.1) is 0 Å². The third-order valence-electron chi connectivity index (χ3n) is 3.59. The van der Waals surface area contributed by atoms with E-state index >= 15 is 0 Å². The second-order valence-electron chi connectivity index (χ2n) is 5.45. The van der Waals surface area contributed by atoms with Crippen molar-refractivity contribution < 1.29 is 13.2 Å². The van der Waals surface area contributed by atoms with Crippen LogP contribution in [0.4, 0.5) is 13.2 Å². The molecule has 3 rings (SSSR count). The minimum absolute atomic E-state index is 0.630. The summed E-state index contributed by atoms with van der Waals surface area (Å²) >= 11 is 0. The Morgan fingerprint density at radius 1 is 1.33 bits per heavy atom. The molecule has 0 unspecified atom stereocenters. The Hall–Kier alpha value is -1.82. The van der Waals surface area contributed by atoms with Crippen LogP contribution in [0.3, 0.4) is 0 Å². The fourth-order valence-electron chi connectivity index (χ4n) is 2.24. The molecule has 0 spiro atoms. The number of nitrogens with zero attached hydrogens (tertiary/aromatic N) is 2. The third-order valence-corrected chi connectivity index (χ3v) is 3.59. The standard InChI is InChI=1S/C15H16F3N3/c1-10-6-11(7-19-13-3-4-13)2-5-14(10)21-9-12(8-20-21)15(16,17)18/h2,5-6,8-9,13,19H,3-4,7H2,1H3. The predicted octanol–water partition coefficient (Wildman–Crippen LogP) is 3.45. The molecule has 0 bridgehead atoms. The molecule has 3 nitrogen and oxygen atoms in total. The first-order chi connectivity index (χ1) is 9.93. The van der Waals surface area contributed by atoms with Crippen LogP contribution in [0.5, 0.6) is 0 Å². The van der Waals surface area contributed by atoms with Crippen LogP contribution in [-0.2, 0) is 12.7 Å². The van der Waals surface area contributed by atoms with E-state index < -0.39 is 11.7 Å². The molecule has 0 amide bonds. The molecule has 1 fully saturated rings. The predicted molar refractivity (Wildman–Crippen MR) is 73.2 cm³/mol. The summed E-state index contributed by atoms with van der Waals surface area (Å²) in [7, 11) is 0. The zero-order chi connectivity index (χ0) is 15.0. The van der Waals surface area contributed by atoms with E-state index in [4.69, 9.17) is 0 Å². The Kier molecular flexibility index (Phi) is 3.49. The molecule has 1 N–H and O–H groups in total. The van der Waals surface area contributed by atoms with Crippen LogP contribution in [0.25, 0.3) is 5.69 Å². The number of halogens is 3. The number of alkyl halides is 3. The molecule has 0 radical (unpaired) electrons. The molecule has 0 atom stereocenters. The maximum atomic E-state index is 12.6. The Balaban J connectivity index is 1.79. The first-order valence-electron chi connectivity index (χ1n) is 6.88. The highest BCUT2D eigenvalue weighted by molar-refractivity contribution is 5.42. The van der Waals surface area contributed by atoms with Crippen LogP contribution in [0, 0.1) is 6.92 Å². The zero-order valence-electron chi connectivity index (χ0n) is 11.6. The zero-order valence-corrected chi connectivity index (χ0v) is 11.6. The summed E-state index contributed by atoms with van der Waals surface area (Å²) in [5.41, 5.74) is 1.97. The monoisotopic (exact) mass is 295 g/mol. The number of hydrogen-bond acceptors (Lipinski definition) is 2. The van der Waals surface area contributed by atoms with Gasteiger partial charge < -0.3 is 5.32 Å². The molecule has 2 aromatic rings. The minimum atomic E-state index is -4.36. The molecular weight excluding hydrogens is 279 g/mol. The van der Waals surface area contributed by atoms with Crippen LogP contribution < -0.4 is 5.32 Å². The van der Waals surface area contributed by atoms with Gasteiger partial charge in [0.25, 0.3) is 0 Å². The van der Waals surface area contributed by atoms with Crippen LogP contribution in [-0.4, -0.2) is 15.8 Å². The SMILES string of the molecule is Cc1cc(CNC2CC2)ccc1-n1cc(C(F)(F)F)cn1. The van der Waals surface area contributed by atoms with E-state index in [-0.39, 0.29) is 0 Å². The van der Waals surface area contributed by atoms with Crippen molar-refractivity contribution in [2.45, 2.75) is 38.5 Å². The first-order valence-corrected chi connectivity index (χ1v) is 6.88. The Morgan fingerprint density at radius 2 is 2.10 bits per heavy atom. The van der Waals surface area contributed by atoms with Crippen LogP contribution in [0.15, 0.2) is 30.6 Å². The fourth-order valence-corrected chi connectivity index (χ4v) is 2.24. The van der Waals surface area contributed by atoms with Gasteiger partial charge in [0.1, 0.15) is 0 Å². The van der Waals surface area contributed by atoms with Gasteiger partial charge in [-0.3, -0.25) is 0 Å². The quantitative estimate of drug-likeness (QED) is 0.936. The van der Waals surface area contributed by atoms with Gasteiger partial charge >= 0.3 is 6.18 Å². The third kappa shape index (κ3) is 3.26. The first kappa shape index (κ1) is 14.1. The molecule has 1 aliphatic carbocycles. The van der Waals surface area contributed by atoms with E-state index in [1.165, 1.54) is 17.5 Å². The number of rotatable bonds is 4. The lowest BCUT2D eigenvalue weighted by atomic mass is 10.1. The van der Waals surface area contributed by atoms with Crippen molar-refractivity contribution in [2.24, 2.45) is 0 Å². The van der Waals surface area contributed by atoms with E-state index in [0.717, 1.165) is 30.1 Å². The van der Waals surface area contributed by atoms with Gasteiger partial charge in [-0.25, -0.2) is 4.68 Å². The van der Waals surface area contributed by atoms with Gasteiger partial charge in [0.15, 0.2) is 0 Å². The van der Waals surface area contributed by atoms with Gasteiger partial charge in [0.2, 0.25) is 0 Å². The molecular formula is C15H16F3N3. The number of benzene rings is 1. The summed E-state index contributed by atoms with van der Waals surface area (Å²) in [6.45, 7) is 2.67. The number of hydrogen-bond donors (Lipinski definition) is 1. The van der Waals surface area contributed by atoms with Crippen molar-refractivity contribution in [3.63, 3.8) is 0 Å². The number of nitrogens with one attached hydrogen (secondary N) is 1. The van der Waals surface area contributed by atoms with Crippen LogP contribution in [0.1, 0.15) is 29.5 Å². The van der Waals surface area contributed by atoms with Crippen molar-refractivity contribution >= 4 is 0 Å². The van der Waals surface area contributed by atoms with Crippen molar-refractivity contribution in [1.29, 1.82) is 0 Å². The van der Waals surface area contributed by atoms with Gasteiger partial charge in [-0.2, -0.15) is 18.3 Å². The molecule has 1 aromatic heterocycles. The molecule has 1 saturated carbocycles. The highest BCUT2D eigenvalue weighted by atomic mass is 19.4. The molecule has 0 aliphatic heterocycles. The molecule has 0 saturated heterocycles. The Labute approximate surface area is 120 Å². The summed E-state index contributed by atoms with van der Waals surface area (Å²) in [5.74, 6) is 0. The average Bonchev–Trinajstić information content (AvgIpc) is 3.10. The van der Waals surface area contributed by atoms with Crippen LogP contribution >= 0.6 is 0 Å². The lowest BCUT2D eigenvalue weighted by molar-refractivity contribution is -0.137. The van der Waals surface area contributed by atoms with Crippen molar-refractivity contribution in [2.75, 3.05) is 0 Å². The van der Waals surface area contributed by atoms with Crippen molar-refractivity contribution in [1.82, 2.24) is 15.1 Å². The van der Waals surface area contributed by atoms with Crippen LogP contribution in [0.2, 0.25) is 0 Å². The topological polar surface area (TPSA) is 29.9 Å². The maximum Gasteiger partial charge on any atom is 0.419 e. The largest absolute Gasteiger partial charge is 0.419 e. The van der Waals surface area contributed by atoms with E-state index in [0.29, 0.717) is 11.7 Å². The van der Waals surface area contributed by atoms with Crippen molar-refractivity contribution in [3.8, 4) is 5.69 Å². The fraction of sp³-hybridized carbons (Fsp3) is 0.400. The minimum Gasteiger partial charge on any atom is -0.310 e. The summed E-state index contributed by atoms with van der Waals surface area (Å²) in [6.07, 6.45) is -0.0398. The maximum absolute atomic E-state index is 12.6. The summed E-state index contributed by atoms with van der Waals surface area (Å²) in [6, 6.07) is 6.35. The van der Waals surface area contributed by atoms with Gasteiger partial charge in [-0.05, 0) is 37.0 Å². The summed E-state index contributed by atoms with van der Waals surface area (Å²) in [5, 5.41) is 7.22. The Bertz CT molecular complexity index is 642. The second kappa shape index (κ2) is 5.18. The smallest absolute Gasteiger partial charge is 0.310 e. The van der Waals surface area contributed by atoms with Crippen molar-refractivity contribution in [3.05, 3.63) is 47.3 Å². The molecule has 21 heavy (non-hydrogen) atoms. The lowest BCUT2D eigenvalue weighted by Gasteiger charge is -2.09. The van der Waals surface area contributed by atoms with E-state index in [2.05, 4.69) is 10.4 Å². The molecule has 1 heterocycles. The molecule has 1 aromatic carbocycles. The van der Waals surface area contributed by atoms with Gasteiger partial charge in [0.05, 0.1) is 17.4 Å².